The van der Waals surface area contributed by atoms with Crippen LogP contribution in [0.5, 0.6) is 0 Å². The SMILES string of the molecule is Cc1csc(N(C(=O)c2ccc(N3CC=CC3)cc2)c2ccccc2)n1. The smallest absolute Gasteiger partial charge is 0.264 e. The van der Waals surface area contributed by atoms with Crippen LogP contribution in [0, 0.1) is 6.92 Å². The topological polar surface area (TPSA) is 36.4 Å². The summed E-state index contributed by atoms with van der Waals surface area (Å²) in [5.41, 5.74) is 3.51. The highest BCUT2D eigenvalue weighted by molar-refractivity contribution is 7.14. The maximum absolute atomic E-state index is 13.3. The van der Waals surface area contributed by atoms with E-state index in [0.29, 0.717) is 10.7 Å². The first-order chi connectivity index (χ1) is 12.7. The summed E-state index contributed by atoms with van der Waals surface area (Å²) in [7, 11) is 0. The third-order valence-electron chi connectivity index (χ3n) is 4.31. The first-order valence-corrected chi connectivity index (χ1v) is 9.42. The fourth-order valence-electron chi connectivity index (χ4n) is 2.97. The molecule has 0 spiro atoms. The van der Waals surface area contributed by atoms with Gasteiger partial charge < -0.3 is 4.90 Å². The molecule has 0 fully saturated rings. The average molecular weight is 361 g/mol. The maximum Gasteiger partial charge on any atom is 0.264 e. The van der Waals surface area contributed by atoms with Crippen LogP contribution >= 0.6 is 11.3 Å². The molecule has 1 aliphatic rings. The van der Waals surface area contributed by atoms with Gasteiger partial charge in [-0.25, -0.2) is 4.98 Å². The van der Waals surface area contributed by atoms with E-state index in [-0.39, 0.29) is 5.91 Å². The molecule has 0 bridgehead atoms. The highest BCUT2D eigenvalue weighted by atomic mass is 32.1. The van der Waals surface area contributed by atoms with Crippen LogP contribution in [0.15, 0.2) is 72.1 Å². The summed E-state index contributed by atoms with van der Waals surface area (Å²) in [6.45, 7) is 3.77. The highest BCUT2D eigenvalue weighted by Crippen LogP contribution is 2.30. The molecule has 26 heavy (non-hydrogen) atoms. The van der Waals surface area contributed by atoms with E-state index in [1.54, 1.807) is 4.90 Å². The molecule has 4 rings (SSSR count). The van der Waals surface area contributed by atoms with Crippen LogP contribution in [0.2, 0.25) is 0 Å². The summed E-state index contributed by atoms with van der Waals surface area (Å²) in [6.07, 6.45) is 4.31. The number of carbonyl (C=O) groups excluding carboxylic acids is 1. The van der Waals surface area contributed by atoms with Gasteiger partial charge in [0.2, 0.25) is 0 Å². The monoisotopic (exact) mass is 361 g/mol. The minimum atomic E-state index is -0.0725. The predicted molar refractivity (Wildman–Crippen MR) is 108 cm³/mol. The molecule has 0 atom stereocenters. The van der Waals surface area contributed by atoms with E-state index in [0.717, 1.165) is 30.2 Å². The zero-order valence-electron chi connectivity index (χ0n) is 14.5. The molecule has 0 unspecified atom stereocenters. The van der Waals surface area contributed by atoms with Gasteiger partial charge in [-0.1, -0.05) is 30.4 Å². The number of para-hydroxylation sites is 1. The molecule has 1 aromatic heterocycles. The lowest BCUT2D eigenvalue weighted by molar-refractivity contribution is 0.0999. The van der Waals surface area contributed by atoms with Crippen molar-refractivity contribution in [2.75, 3.05) is 22.9 Å². The van der Waals surface area contributed by atoms with Crippen LogP contribution in [0.1, 0.15) is 16.1 Å². The first kappa shape index (κ1) is 16.5. The molecule has 4 nitrogen and oxygen atoms in total. The van der Waals surface area contributed by atoms with Gasteiger partial charge in [-0.2, -0.15) is 0 Å². The summed E-state index contributed by atoms with van der Waals surface area (Å²) in [4.78, 5) is 21.7. The molecule has 130 valence electrons. The van der Waals surface area contributed by atoms with Crippen LogP contribution in [-0.2, 0) is 0 Å². The van der Waals surface area contributed by atoms with Crippen LogP contribution in [-0.4, -0.2) is 24.0 Å². The Morgan fingerprint density at radius 3 is 2.35 bits per heavy atom. The minimum Gasteiger partial charge on any atom is -0.364 e. The summed E-state index contributed by atoms with van der Waals surface area (Å²) in [5.74, 6) is -0.0725. The standard InChI is InChI=1S/C21H19N3OS/c1-16-15-26-21(22-16)24(19-7-3-2-4-8-19)20(25)17-9-11-18(12-10-17)23-13-5-6-14-23/h2-12,15H,13-14H2,1H3. The first-order valence-electron chi connectivity index (χ1n) is 8.54. The van der Waals surface area contributed by atoms with Gasteiger partial charge in [-0.15, -0.1) is 11.3 Å². The number of carbonyl (C=O) groups is 1. The van der Waals surface area contributed by atoms with Gasteiger partial charge in [0.25, 0.3) is 5.91 Å². The number of hydrogen-bond acceptors (Lipinski definition) is 4. The molecule has 2 aromatic carbocycles. The Labute approximate surface area is 157 Å². The molecule has 1 amide bonds. The molecular formula is C21H19N3OS. The van der Waals surface area contributed by atoms with Crippen molar-refractivity contribution in [1.82, 2.24) is 4.98 Å². The van der Waals surface area contributed by atoms with Gasteiger partial charge >= 0.3 is 0 Å². The molecular weight excluding hydrogens is 342 g/mol. The van der Waals surface area contributed by atoms with E-state index < -0.39 is 0 Å². The van der Waals surface area contributed by atoms with E-state index in [2.05, 4.69) is 22.0 Å². The molecule has 0 N–H and O–H groups in total. The van der Waals surface area contributed by atoms with Crippen molar-refractivity contribution >= 4 is 33.8 Å². The summed E-state index contributed by atoms with van der Waals surface area (Å²) in [6, 6.07) is 17.5. The third kappa shape index (κ3) is 3.26. The number of aryl methyl sites for hydroxylation is 1. The summed E-state index contributed by atoms with van der Waals surface area (Å²) in [5, 5.41) is 2.65. The second-order valence-electron chi connectivity index (χ2n) is 6.17. The number of benzene rings is 2. The number of anilines is 3. The molecule has 2 heterocycles. The lowest BCUT2D eigenvalue weighted by atomic mass is 10.1. The number of nitrogens with zero attached hydrogens (tertiary/aromatic N) is 3. The van der Waals surface area contributed by atoms with Gasteiger partial charge in [0.15, 0.2) is 5.13 Å². The number of aromatic nitrogens is 1. The van der Waals surface area contributed by atoms with Crippen LogP contribution in [0.25, 0.3) is 0 Å². The third-order valence-corrected chi connectivity index (χ3v) is 5.26. The Morgan fingerprint density at radius 1 is 1.04 bits per heavy atom. The Balaban J connectivity index is 1.66. The van der Waals surface area contributed by atoms with Crippen LogP contribution < -0.4 is 9.80 Å². The van der Waals surface area contributed by atoms with Crippen molar-refractivity contribution in [3.63, 3.8) is 0 Å². The second kappa shape index (κ2) is 7.14. The number of thiazole rings is 1. The lowest BCUT2D eigenvalue weighted by Crippen LogP contribution is -2.26. The van der Waals surface area contributed by atoms with Crippen LogP contribution in [0.3, 0.4) is 0 Å². The molecule has 0 saturated carbocycles. The fourth-order valence-corrected chi connectivity index (χ4v) is 3.79. The lowest BCUT2D eigenvalue weighted by Gasteiger charge is -2.21. The van der Waals surface area contributed by atoms with Gasteiger partial charge in [-0.3, -0.25) is 9.69 Å². The van der Waals surface area contributed by atoms with Crippen molar-refractivity contribution in [2.24, 2.45) is 0 Å². The maximum atomic E-state index is 13.3. The molecule has 0 aliphatic carbocycles. The minimum absolute atomic E-state index is 0.0725. The van der Waals surface area contributed by atoms with Crippen molar-refractivity contribution in [1.29, 1.82) is 0 Å². The Bertz CT molecular complexity index is 923. The van der Waals surface area contributed by atoms with E-state index in [9.17, 15) is 4.79 Å². The highest BCUT2D eigenvalue weighted by Gasteiger charge is 2.22. The molecule has 1 aliphatic heterocycles. The normalized spacial score (nSPS) is 13.2. The van der Waals surface area contributed by atoms with Crippen molar-refractivity contribution in [3.8, 4) is 0 Å². The van der Waals surface area contributed by atoms with Crippen LogP contribution in [0.4, 0.5) is 16.5 Å². The quantitative estimate of drug-likeness (QED) is 0.626. The van der Waals surface area contributed by atoms with E-state index in [1.807, 2.05) is 66.9 Å². The van der Waals surface area contributed by atoms with Crippen molar-refractivity contribution in [3.05, 3.63) is 83.4 Å². The summed E-state index contributed by atoms with van der Waals surface area (Å²) >= 11 is 1.48. The Kier molecular flexibility index (Phi) is 4.54. The van der Waals surface area contributed by atoms with Gasteiger partial charge in [0.1, 0.15) is 0 Å². The molecule has 3 aromatic rings. The zero-order chi connectivity index (χ0) is 17.9. The van der Waals surface area contributed by atoms with Gasteiger partial charge in [-0.05, 0) is 43.3 Å². The number of rotatable bonds is 4. The van der Waals surface area contributed by atoms with E-state index in [4.69, 9.17) is 0 Å². The summed E-state index contributed by atoms with van der Waals surface area (Å²) < 4.78 is 0. The van der Waals surface area contributed by atoms with Crippen molar-refractivity contribution in [2.45, 2.75) is 6.92 Å². The predicted octanol–water partition coefficient (Wildman–Crippen LogP) is 4.81. The molecule has 0 saturated heterocycles. The molecule has 0 radical (unpaired) electrons. The molecule has 5 heteroatoms. The van der Waals surface area contributed by atoms with Gasteiger partial charge in [0.05, 0.1) is 11.4 Å². The van der Waals surface area contributed by atoms with Crippen molar-refractivity contribution < 1.29 is 4.79 Å². The second-order valence-corrected chi connectivity index (χ2v) is 7.01. The van der Waals surface area contributed by atoms with Gasteiger partial charge in [0, 0.05) is 29.7 Å². The average Bonchev–Trinajstić information content (AvgIpc) is 3.35. The van der Waals surface area contributed by atoms with E-state index >= 15 is 0 Å². The largest absolute Gasteiger partial charge is 0.364 e. The van der Waals surface area contributed by atoms with E-state index in [1.165, 1.54) is 11.3 Å². The number of amides is 1. The Hall–Kier alpha value is -2.92. The zero-order valence-corrected chi connectivity index (χ0v) is 15.3. The number of hydrogen-bond donors (Lipinski definition) is 0. The Morgan fingerprint density at radius 2 is 1.73 bits per heavy atom. The fraction of sp³-hybridized carbons (Fsp3) is 0.143.